The van der Waals surface area contributed by atoms with E-state index in [1.165, 1.54) is 0 Å². The number of hydrogen-bond acceptors (Lipinski definition) is 6. The second kappa shape index (κ2) is 7.21. The van der Waals surface area contributed by atoms with Gasteiger partial charge in [0.1, 0.15) is 12.4 Å². The Morgan fingerprint density at radius 1 is 1.12 bits per heavy atom. The maximum absolute atomic E-state index is 6.22. The largest absolute Gasteiger partial charge is 0.487 e. The summed E-state index contributed by atoms with van der Waals surface area (Å²) in [5, 5.41) is 4.03. The number of aromatic nitrogens is 3. The van der Waals surface area contributed by atoms with Crippen LogP contribution in [0.1, 0.15) is 30.8 Å². The summed E-state index contributed by atoms with van der Waals surface area (Å²) in [6.07, 6.45) is 4.68. The van der Waals surface area contributed by atoms with Crippen molar-refractivity contribution in [2.75, 3.05) is 0 Å². The van der Waals surface area contributed by atoms with Crippen molar-refractivity contribution in [3.05, 3.63) is 60.2 Å². The summed E-state index contributed by atoms with van der Waals surface area (Å²) in [6, 6.07) is 13.3. The van der Waals surface area contributed by atoms with Crippen molar-refractivity contribution in [3.8, 4) is 17.2 Å². The molecule has 0 unspecified atom stereocenters. The Hall–Kier alpha value is -2.44. The number of rotatable bonds is 5. The van der Waals surface area contributed by atoms with E-state index in [9.17, 15) is 0 Å². The van der Waals surface area contributed by atoms with E-state index in [1.807, 2.05) is 42.5 Å². The molecule has 0 atom stereocenters. The van der Waals surface area contributed by atoms with Crippen LogP contribution >= 0.6 is 12.4 Å². The molecule has 0 saturated heterocycles. The SMILES string of the molecule is Cl.NC1(c2noc(-c3ccc(OCc4ccccn4)cc3)n2)CCC1. The Labute approximate surface area is 151 Å². The molecule has 1 fully saturated rings. The molecule has 25 heavy (non-hydrogen) atoms. The molecule has 4 rings (SSSR count). The Bertz CT molecular complexity index is 817. The van der Waals surface area contributed by atoms with Gasteiger partial charge in [0.15, 0.2) is 5.82 Å². The Balaban J connectivity index is 0.00000182. The van der Waals surface area contributed by atoms with Crippen LogP contribution in [0.2, 0.25) is 0 Å². The third kappa shape index (κ3) is 3.65. The zero-order chi connectivity index (χ0) is 16.4. The molecule has 1 aliphatic rings. The van der Waals surface area contributed by atoms with Crippen LogP contribution in [-0.2, 0) is 12.1 Å². The average molecular weight is 359 g/mol. The normalized spacial score (nSPS) is 15.1. The molecule has 1 saturated carbocycles. The van der Waals surface area contributed by atoms with E-state index < -0.39 is 5.54 Å². The van der Waals surface area contributed by atoms with Gasteiger partial charge in [0.25, 0.3) is 5.89 Å². The van der Waals surface area contributed by atoms with Gasteiger partial charge < -0.3 is 15.0 Å². The molecule has 2 N–H and O–H groups in total. The van der Waals surface area contributed by atoms with Gasteiger partial charge in [0.2, 0.25) is 0 Å². The monoisotopic (exact) mass is 358 g/mol. The Morgan fingerprint density at radius 2 is 1.92 bits per heavy atom. The van der Waals surface area contributed by atoms with Gasteiger partial charge in [-0.15, -0.1) is 12.4 Å². The molecule has 0 radical (unpaired) electrons. The molecule has 3 aromatic rings. The summed E-state index contributed by atoms with van der Waals surface area (Å²) in [5.74, 6) is 1.84. The maximum atomic E-state index is 6.22. The van der Waals surface area contributed by atoms with Gasteiger partial charge in [-0.1, -0.05) is 11.2 Å². The molecule has 2 heterocycles. The lowest BCUT2D eigenvalue weighted by molar-refractivity contribution is 0.229. The minimum atomic E-state index is -0.409. The van der Waals surface area contributed by atoms with Crippen LogP contribution in [0.15, 0.2) is 53.2 Å². The molecule has 1 aromatic carbocycles. The number of nitrogens with two attached hydrogens (primary N) is 1. The van der Waals surface area contributed by atoms with E-state index in [0.717, 1.165) is 36.3 Å². The molecule has 0 bridgehead atoms. The first kappa shape index (κ1) is 17.4. The van der Waals surface area contributed by atoms with Gasteiger partial charge in [0, 0.05) is 11.8 Å². The first-order valence-corrected chi connectivity index (χ1v) is 7.99. The zero-order valence-corrected chi connectivity index (χ0v) is 14.4. The van der Waals surface area contributed by atoms with Crippen molar-refractivity contribution in [2.45, 2.75) is 31.4 Å². The fourth-order valence-electron chi connectivity index (χ4n) is 2.66. The van der Waals surface area contributed by atoms with Gasteiger partial charge >= 0.3 is 0 Å². The highest BCUT2D eigenvalue weighted by molar-refractivity contribution is 5.85. The van der Waals surface area contributed by atoms with Gasteiger partial charge in [-0.2, -0.15) is 4.98 Å². The number of benzene rings is 1. The fraction of sp³-hybridized carbons (Fsp3) is 0.278. The van der Waals surface area contributed by atoms with Crippen LogP contribution in [-0.4, -0.2) is 15.1 Å². The molecule has 0 amide bonds. The van der Waals surface area contributed by atoms with E-state index in [1.54, 1.807) is 6.20 Å². The molecule has 130 valence electrons. The van der Waals surface area contributed by atoms with Crippen LogP contribution in [0, 0.1) is 0 Å². The zero-order valence-electron chi connectivity index (χ0n) is 13.6. The smallest absolute Gasteiger partial charge is 0.257 e. The van der Waals surface area contributed by atoms with Crippen LogP contribution in [0.5, 0.6) is 5.75 Å². The van der Waals surface area contributed by atoms with E-state index in [-0.39, 0.29) is 12.4 Å². The summed E-state index contributed by atoms with van der Waals surface area (Å²) in [6.45, 7) is 0.431. The van der Waals surface area contributed by atoms with Crippen molar-refractivity contribution in [3.63, 3.8) is 0 Å². The van der Waals surface area contributed by atoms with E-state index in [4.69, 9.17) is 15.0 Å². The highest BCUT2D eigenvalue weighted by Crippen LogP contribution is 2.37. The average Bonchev–Trinajstić information content (AvgIpc) is 3.10. The number of hydrogen-bond donors (Lipinski definition) is 1. The lowest BCUT2D eigenvalue weighted by atomic mass is 9.77. The predicted molar refractivity (Wildman–Crippen MR) is 95.3 cm³/mol. The predicted octanol–water partition coefficient (Wildman–Crippen LogP) is 3.47. The molecule has 2 aromatic heterocycles. The van der Waals surface area contributed by atoms with Crippen LogP contribution < -0.4 is 10.5 Å². The van der Waals surface area contributed by atoms with Gasteiger partial charge in [-0.25, -0.2) is 0 Å². The second-order valence-electron chi connectivity index (χ2n) is 6.07. The topological polar surface area (TPSA) is 87.1 Å². The Morgan fingerprint density at radius 3 is 2.56 bits per heavy atom. The highest BCUT2D eigenvalue weighted by atomic mass is 35.5. The third-order valence-corrected chi connectivity index (χ3v) is 4.33. The molecular weight excluding hydrogens is 340 g/mol. The molecular formula is C18H19ClN4O2. The minimum absolute atomic E-state index is 0. The highest BCUT2D eigenvalue weighted by Gasteiger charge is 2.39. The summed E-state index contributed by atoms with van der Waals surface area (Å²) in [7, 11) is 0. The van der Waals surface area contributed by atoms with E-state index in [2.05, 4.69) is 15.1 Å². The fourth-order valence-corrected chi connectivity index (χ4v) is 2.66. The summed E-state index contributed by atoms with van der Waals surface area (Å²) < 4.78 is 11.1. The Kier molecular flexibility index (Phi) is 5.01. The molecule has 7 heteroatoms. The van der Waals surface area contributed by atoms with Crippen LogP contribution in [0.4, 0.5) is 0 Å². The molecule has 1 aliphatic carbocycles. The van der Waals surface area contributed by atoms with Gasteiger partial charge in [-0.05, 0) is 55.7 Å². The number of nitrogens with zero attached hydrogens (tertiary/aromatic N) is 3. The van der Waals surface area contributed by atoms with Crippen molar-refractivity contribution >= 4 is 12.4 Å². The number of ether oxygens (including phenoxy) is 1. The van der Waals surface area contributed by atoms with Crippen molar-refractivity contribution in [1.82, 2.24) is 15.1 Å². The van der Waals surface area contributed by atoms with Crippen LogP contribution in [0.25, 0.3) is 11.5 Å². The first-order valence-electron chi connectivity index (χ1n) is 7.99. The summed E-state index contributed by atoms with van der Waals surface area (Å²) in [5.41, 5.74) is 7.55. The molecule has 0 spiro atoms. The van der Waals surface area contributed by atoms with Gasteiger partial charge in [-0.3, -0.25) is 4.98 Å². The third-order valence-electron chi connectivity index (χ3n) is 4.33. The lowest BCUT2D eigenvalue weighted by Crippen LogP contribution is -2.44. The summed E-state index contributed by atoms with van der Waals surface area (Å²) >= 11 is 0. The van der Waals surface area contributed by atoms with Crippen molar-refractivity contribution in [2.24, 2.45) is 5.73 Å². The standard InChI is InChI=1S/C18H18N4O2.ClH/c19-18(9-3-10-18)17-21-16(24-22-17)13-5-7-15(8-6-13)23-12-14-4-1-2-11-20-14;/h1-2,4-8,11H,3,9-10,12,19H2;1H. The van der Waals surface area contributed by atoms with Crippen LogP contribution in [0.3, 0.4) is 0 Å². The first-order chi connectivity index (χ1) is 11.7. The van der Waals surface area contributed by atoms with E-state index >= 15 is 0 Å². The quantitative estimate of drug-likeness (QED) is 0.751. The molecule has 0 aliphatic heterocycles. The van der Waals surface area contributed by atoms with Gasteiger partial charge in [0.05, 0.1) is 11.2 Å². The lowest BCUT2D eigenvalue weighted by Gasteiger charge is -2.34. The summed E-state index contributed by atoms with van der Waals surface area (Å²) in [4.78, 5) is 8.67. The molecule has 6 nitrogen and oxygen atoms in total. The van der Waals surface area contributed by atoms with Crippen molar-refractivity contribution < 1.29 is 9.26 Å². The minimum Gasteiger partial charge on any atom is -0.487 e. The second-order valence-corrected chi connectivity index (χ2v) is 6.07. The van der Waals surface area contributed by atoms with E-state index in [0.29, 0.717) is 18.3 Å². The number of pyridine rings is 1. The number of halogens is 1. The van der Waals surface area contributed by atoms with Crippen molar-refractivity contribution in [1.29, 1.82) is 0 Å². The maximum Gasteiger partial charge on any atom is 0.257 e.